The summed E-state index contributed by atoms with van der Waals surface area (Å²) in [6, 6.07) is -0.387. The number of rotatable bonds is 8. The lowest BCUT2D eigenvalue weighted by atomic mass is 10.2. The monoisotopic (exact) mass is 233 g/mol. The maximum atomic E-state index is 11.5. The van der Waals surface area contributed by atoms with E-state index in [4.69, 9.17) is 11.2 Å². The Labute approximate surface area is 92.4 Å². The maximum Gasteiger partial charge on any atom is 0.212 e. The van der Waals surface area contributed by atoms with Gasteiger partial charge in [0, 0.05) is 13.7 Å². The number of sulfonamides is 1. The van der Waals surface area contributed by atoms with Crippen molar-refractivity contribution in [2.75, 3.05) is 19.5 Å². The van der Waals surface area contributed by atoms with Gasteiger partial charge >= 0.3 is 0 Å². The van der Waals surface area contributed by atoms with Crippen LogP contribution in [0.1, 0.15) is 26.2 Å². The standard InChI is InChI=1S/C10H19NO3S/c1-4-7-10(5-2)11-15(12,13)9-6-8-14-3/h2,10-11H,4,6-9H2,1,3H3. The lowest BCUT2D eigenvalue weighted by Gasteiger charge is -2.12. The van der Waals surface area contributed by atoms with Gasteiger partial charge in [0.15, 0.2) is 0 Å². The van der Waals surface area contributed by atoms with Gasteiger partial charge in [0.1, 0.15) is 0 Å². The number of nitrogens with one attached hydrogen (secondary N) is 1. The minimum Gasteiger partial charge on any atom is -0.385 e. The normalized spacial score (nSPS) is 13.4. The second-order valence-electron chi connectivity index (χ2n) is 3.29. The summed E-state index contributed by atoms with van der Waals surface area (Å²) in [6.07, 6.45) is 7.22. The van der Waals surface area contributed by atoms with Crippen LogP contribution in [0.15, 0.2) is 0 Å². The molecule has 0 aliphatic rings. The quantitative estimate of drug-likeness (QED) is 0.497. The molecule has 88 valence electrons. The van der Waals surface area contributed by atoms with E-state index in [-0.39, 0.29) is 11.8 Å². The Morgan fingerprint density at radius 2 is 2.20 bits per heavy atom. The highest BCUT2D eigenvalue weighted by atomic mass is 32.2. The minimum absolute atomic E-state index is 0.0583. The molecule has 1 atom stereocenters. The van der Waals surface area contributed by atoms with E-state index in [0.717, 1.165) is 6.42 Å². The molecule has 1 N–H and O–H groups in total. The second-order valence-corrected chi connectivity index (χ2v) is 5.16. The molecule has 15 heavy (non-hydrogen) atoms. The van der Waals surface area contributed by atoms with Crippen molar-refractivity contribution >= 4 is 10.0 Å². The van der Waals surface area contributed by atoms with Crippen LogP contribution >= 0.6 is 0 Å². The lowest BCUT2D eigenvalue weighted by Crippen LogP contribution is -2.35. The summed E-state index contributed by atoms with van der Waals surface area (Å²) >= 11 is 0. The summed E-state index contributed by atoms with van der Waals surface area (Å²) in [6.45, 7) is 2.40. The molecule has 0 aromatic heterocycles. The fraction of sp³-hybridized carbons (Fsp3) is 0.800. The van der Waals surface area contributed by atoms with Gasteiger partial charge in [0.25, 0.3) is 0 Å². The van der Waals surface area contributed by atoms with E-state index in [9.17, 15) is 8.42 Å². The molecule has 5 heteroatoms. The van der Waals surface area contributed by atoms with Crippen LogP contribution in [0.3, 0.4) is 0 Å². The van der Waals surface area contributed by atoms with Crippen molar-refractivity contribution in [1.29, 1.82) is 0 Å². The lowest BCUT2D eigenvalue weighted by molar-refractivity contribution is 0.199. The van der Waals surface area contributed by atoms with Gasteiger partial charge in [-0.15, -0.1) is 6.42 Å². The zero-order chi connectivity index (χ0) is 11.7. The van der Waals surface area contributed by atoms with E-state index in [1.807, 2.05) is 6.92 Å². The van der Waals surface area contributed by atoms with Crippen LogP contribution < -0.4 is 4.72 Å². The Morgan fingerprint density at radius 1 is 1.53 bits per heavy atom. The molecular weight excluding hydrogens is 214 g/mol. The van der Waals surface area contributed by atoms with E-state index >= 15 is 0 Å². The molecule has 0 spiro atoms. The highest BCUT2D eigenvalue weighted by molar-refractivity contribution is 7.89. The molecule has 0 aliphatic carbocycles. The minimum atomic E-state index is -3.26. The van der Waals surface area contributed by atoms with Crippen molar-refractivity contribution in [3.8, 4) is 12.3 Å². The van der Waals surface area contributed by atoms with Gasteiger partial charge in [-0.1, -0.05) is 19.3 Å². The summed E-state index contributed by atoms with van der Waals surface area (Å²) in [4.78, 5) is 0. The molecule has 0 bridgehead atoms. The summed E-state index contributed by atoms with van der Waals surface area (Å²) in [5.74, 6) is 2.49. The van der Waals surface area contributed by atoms with E-state index < -0.39 is 10.0 Å². The van der Waals surface area contributed by atoms with Crippen molar-refractivity contribution in [2.45, 2.75) is 32.2 Å². The average Bonchev–Trinajstić information content (AvgIpc) is 2.17. The predicted molar refractivity (Wildman–Crippen MR) is 60.9 cm³/mol. The van der Waals surface area contributed by atoms with Gasteiger partial charge in [-0.3, -0.25) is 0 Å². The third-order valence-electron chi connectivity index (χ3n) is 1.86. The number of ether oxygens (including phenoxy) is 1. The third kappa shape index (κ3) is 7.37. The van der Waals surface area contributed by atoms with Crippen molar-refractivity contribution in [3.63, 3.8) is 0 Å². The first kappa shape index (κ1) is 14.4. The second kappa shape index (κ2) is 7.69. The molecule has 0 aromatic carbocycles. The highest BCUT2D eigenvalue weighted by Gasteiger charge is 2.14. The van der Waals surface area contributed by atoms with Crippen LogP contribution in [0, 0.1) is 12.3 Å². The predicted octanol–water partition coefficient (Wildman–Crippen LogP) is 0.744. The van der Waals surface area contributed by atoms with E-state index in [1.54, 1.807) is 7.11 Å². The molecule has 0 aliphatic heterocycles. The Kier molecular flexibility index (Phi) is 7.39. The number of methoxy groups -OCH3 is 1. The average molecular weight is 233 g/mol. The molecule has 0 fully saturated rings. The van der Waals surface area contributed by atoms with Crippen LogP contribution in [0.25, 0.3) is 0 Å². The molecule has 0 amide bonds. The third-order valence-corrected chi connectivity index (χ3v) is 3.33. The zero-order valence-corrected chi connectivity index (χ0v) is 10.1. The first-order chi connectivity index (χ1) is 7.05. The highest BCUT2D eigenvalue weighted by Crippen LogP contribution is 1.99. The van der Waals surface area contributed by atoms with Gasteiger partial charge in [-0.25, -0.2) is 13.1 Å². The maximum absolute atomic E-state index is 11.5. The molecule has 0 rings (SSSR count). The topological polar surface area (TPSA) is 55.4 Å². The Morgan fingerprint density at radius 3 is 2.67 bits per heavy atom. The van der Waals surface area contributed by atoms with Crippen molar-refractivity contribution in [2.24, 2.45) is 0 Å². The number of hydrogen-bond donors (Lipinski definition) is 1. The Hall–Kier alpha value is -0.570. The van der Waals surface area contributed by atoms with E-state index in [0.29, 0.717) is 19.4 Å². The van der Waals surface area contributed by atoms with Crippen molar-refractivity contribution in [1.82, 2.24) is 4.72 Å². The van der Waals surface area contributed by atoms with Gasteiger partial charge in [0.05, 0.1) is 11.8 Å². The van der Waals surface area contributed by atoms with Gasteiger partial charge < -0.3 is 4.74 Å². The van der Waals surface area contributed by atoms with Crippen LogP contribution in [0.4, 0.5) is 0 Å². The molecular formula is C10H19NO3S. The zero-order valence-electron chi connectivity index (χ0n) is 9.32. The van der Waals surface area contributed by atoms with Crippen LogP contribution in [-0.4, -0.2) is 33.9 Å². The molecule has 0 aromatic rings. The molecule has 0 saturated heterocycles. The smallest absolute Gasteiger partial charge is 0.212 e. The summed E-state index contributed by atoms with van der Waals surface area (Å²) in [7, 11) is -1.72. The Bertz CT molecular complexity index is 292. The molecule has 1 unspecified atom stereocenters. The van der Waals surface area contributed by atoms with Gasteiger partial charge in [-0.05, 0) is 12.8 Å². The molecule has 0 saturated carbocycles. The summed E-state index contributed by atoms with van der Waals surface area (Å²) < 4.78 is 30.2. The van der Waals surface area contributed by atoms with Crippen LogP contribution in [0.2, 0.25) is 0 Å². The van der Waals surface area contributed by atoms with Gasteiger partial charge in [-0.2, -0.15) is 0 Å². The molecule has 4 nitrogen and oxygen atoms in total. The summed E-state index contributed by atoms with van der Waals surface area (Å²) in [5.41, 5.74) is 0. The summed E-state index contributed by atoms with van der Waals surface area (Å²) in [5, 5.41) is 0. The van der Waals surface area contributed by atoms with Gasteiger partial charge in [0.2, 0.25) is 10.0 Å². The van der Waals surface area contributed by atoms with Crippen LogP contribution in [-0.2, 0) is 14.8 Å². The number of hydrogen-bond acceptors (Lipinski definition) is 3. The SMILES string of the molecule is C#CC(CCC)NS(=O)(=O)CCCOC. The fourth-order valence-electron chi connectivity index (χ4n) is 1.13. The molecule has 0 radical (unpaired) electrons. The first-order valence-electron chi connectivity index (χ1n) is 5.00. The fourth-order valence-corrected chi connectivity index (χ4v) is 2.37. The Balaban J connectivity index is 4.06. The largest absolute Gasteiger partial charge is 0.385 e. The van der Waals surface area contributed by atoms with Crippen molar-refractivity contribution in [3.05, 3.63) is 0 Å². The van der Waals surface area contributed by atoms with Crippen LogP contribution in [0.5, 0.6) is 0 Å². The molecule has 0 heterocycles. The van der Waals surface area contributed by atoms with E-state index in [2.05, 4.69) is 10.6 Å². The first-order valence-corrected chi connectivity index (χ1v) is 6.66. The number of terminal acetylenes is 1. The van der Waals surface area contributed by atoms with Crippen molar-refractivity contribution < 1.29 is 13.2 Å². The van der Waals surface area contributed by atoms with E-state index in [1.165, 1.54) is 0 Å².